The van der Waals surface area contributed by atoms with Crippen molar-refractivity contribution in [2.24, 2.45) is 0 Å². The zero-order valence-electron chi connectivity index (χ0n) is 12.9. The first-order valence-corrected chi connectivity index (χ1v) is 7.55. The molecule has 0 amide bonds. The lowest BCUT2D eigenvalue weighted by molar-refractivity contribution is 0.532. The van der Waals surface area contributed by atoms with Crippen LogP contribution in [-0.4, -0.2) is 20.9 Å². The van der Waals surface area contributed by atoms with E-state index in [1.54, 1.807) is 0 Å². The fraction of sp³-hybridized carbons (Fsp3) is 0.562. The minimum atomic E-state index is 0.952. The molecule has 2 aromatic heterocycles. The minimum Gasteiger partial charge on any atom is -0.354 e. The van der Waals surface area contributed by atoms with Crippen molar-refractivity contribution in [1.29, 1.82) is 0 Å². The van der Waals surface area contributed by atoms with Crippen molar-refractivity contribution in [2.45, 2.75) is 53.2 Å². The molecule has 0 unspecified atom stereocenters. The zero-order valence-corrected chi connectivity index (χ0v) is 12.9. The average Bonchev–Trinajstić information content (AvgIpc) is 2.97. The van der Waals surface area contributed by atoms with Crippen molar-refractivity contribution in [1.82, 2.24) is 19.7 Å². The number of rotatable bonds is 8. The van der Waals surface area contributed by atoms with Gasteiger partial charge in [0.2, 0.25) is 0 Å². The van der Waals surface area contributed by atoms with E-state index in [4.69, 9.17) is 0 Å². The number of aromatic nitrogens is 3. The summed E-state index contributed by atoms with van der Waals surface area (Å²) < 4.78 is 4.35. The fourth-order valence-corrected chi connectivity index (χ4v) is 2.48. The Morgan fingerprint density at radius 1 is 1.25 bits per heavy atom. The highest BCUT2D eigenvalue weighted by atomic mass is 15.3. The lowest BCUT2D eigenvalue weighted by Gasteiger charge is -2.05. The lowest BCUT2D eigenvalue weighted by atomic mass is 10.3. The van der Waals surface area contributed by atoms with Gasteiger partial charge < -0.3 is 9.88 Å². The van der Waals surface area contributed by atoms with E-state index in [0.29, 0.717) is 0 Å². The van der Waals surface area contributed by atoms with Crippen LogP contribution in [-0.2, 0) is 19.6 Å². The van der Waals surface area contributed by atoms with Crippen LogP contribution in [0.4, 0.5) is 0 Å². The quantitative estimate of drug-likeness (QED) is 0.751. The molecule has 0 bridgehead atoms. The van der Waals surface area contributed by atoms with Gasteiger partial charge in [-0.1, -0.05) is 6.92 Å². The largest absolute Gasteiger partial charge is 0.354 e. The van der Waals surface area contributed by atoms with Crippen LogP contribution in [0.5, 0.6) is 0 Å². The SMILES string of the molecule is CCCn1ccc(CNCCCn2nc(C)cc2C)c1. The van der Waals surface area contributed by atoms with E-state index in [1.165, 1.54) is 17.7 Å². The summed E-state index contributed by atoms with van der Waals surface area (Å²) in [4.78, 5) is 0. The van der Waals surface area contributed by atoms with Gasteiger partial charge in [0.1, 0.15) is 0 Å². The molecule has 0 spiro atoms. The molecule has 20 heavy (non-hydrogen) atoms. The van der Waals surface area contributed by atoms with Crippen molar-refractivity contribution in [3.05, 3.63) is 41.5 Å². The number of nitrogens with one attached hydrogen (secondary N) is 1. The highest BCUT2D eigenvalue weighted by Gasteiger charge is 2.00. The van der Waals surface area contributed by atoms with Gasteiger partial charge in [-0.2, -0.15) is 5.10 Å². The molecule has 1 N–H and O–H groups in total. The summed E-state index contributed by atoms with van der Waals surface area (Å²) in [6.45, 7) is 10.4. The van der Waals surface area contributed by atoms with Crippen LogP contribution in [0.25, 0.3) is 0 Å². The summed E-state index contributed by atoms with van der Waals surface area (Å²) in [5.74, 6) is 0. The summed E-state index contributed by atoms with van der Waals surface area (Å²) in [7, 11) is 0. The first-order chi connectivity index (χ1) is 9.69. The topological polar surface area (TPSA) is 34.8 Å². The average molecular weight is 274 g/mol. The molecule has 0 aliphatic heterocycles. The molecule has 0 radical (unpaired) electrons. The Hall–Kier alpha value is -1.55. The van der Waals surface area contributed by atoms with Crippen LogP contribution in [0, 0.1) is 13.8 Å². The van der Waals surface area contributed by atoms with Crippen molar-refractivity contribution >= 4 is 0 Å². The van der Waals surface area contributed by atoms with Gasteiger partial charge in [0.15, 0.2) is 0 Å². The number of hydrogen-bond donors (Lipinski definition) is 1. The molecular weight excluding hydrogens is 248 g/mol. The van der Waals surface area contributed by atoms with Gasteiger partial charge in [-0.05, 0) is 50.9 Å². The summed E-state index contributed by atoms with van der Waals surface area (Å²) in [6.07, 6.45) is 6.69. The van der Waals surface area contributed by atoms with Crippen molar-refractivity contribution < 1.29 is 0 Å². The van der Waals surface area contributed by atoms with Crippen molar-refractivity contribution in [2.75, 3.05) is 6.54 Å². The predicted octanol–water partition coefficient (Wildman–Crippen LogP) is 2.89. The van der Waals surface area contributed by atoms with Gasteiger partial charge in [-0.15, -0.1) is 0 Å². The Bertz CT molecular complexity index is 524. The molecule has 2 rings (SSSR count). The second kappa shape index (κ2) is 7.29. The van der Waals surface area contributed by atoms with Crippen LogP contribution in [0.1, 0.15) is 36.7 Å². The molecule has 0 saturated heterocycles. The zero-order chi connectivity index (χ0) is 14.4. The van der Waals surface area contributed by atoms with Crippen LogP contribution >= 0.6 is 0 Å². The van der Waals surface area contributed by atoms with Crippen LogP contribution < -0.4 is 5.32 Å². The van der Waals surface area contributed by atoms with Crippen molar-refractivity contribution in [3.8, 4) is 0 Å². The molecule has 2 aromatic rings. The number of nitrogens with zero attached hydrogens (tertiary/aromatic N) is 3. The van der Waals surface area contributed by atoms with Gasteiger partial charge in [0, 0.05) is 37.7 Å². The van der Waals surface area contributed by atoms with E-state index < -0.39 is 0 Å². The van der Waals surface area contributed by atoms with E-state index in [0.717, 1.165) is 38.3 Å². The molecule has 4 heteroatoms. The Labute approximate surface area is 121 Å². The maximum Gasteiger partial charge on any atom is 0.0596 e. The van der Waals surface area contributed by atoms with E-state index in [-0.39, 0.29) is 0 Å². The Morgan fingerprint density at radius 3 is 2.80 bits per heavy atom. The highest BCUT2D eigenvalue weighted by Crippen LogP contribution is 2.03. The van der Waals surface area contributed by atoms with E-state index >= 15 is 0 Å². The maximum absolute atomic E-state index is 4.48. The molecule has 0 saturated carbocycles. The van der Waals surface area contributed by atoms with E-state index in [9.17, 15) is 0 Å². The second-order valence-corrected chi connectivity index (χ2v) is 5.44. The minimum absolute atomic E-state index is 0.952. The van der Waals surface area contributed by atoms with Gasteiger partial charge in [-0.25, -0.2) is 0 Å². The molecular formula is C16H26N4. The molecule has 2 heterocycles. The monoisotopic (exact) mass is 274 g/mol. The third-order valence-electron chi connectivity index (χ3n) is 3.45. The molecule has 0 aromatic carbocycles. The Kier molecular flexibility index (Phi) is 5.41. The summed E-state index contributed by atoms with van der Waals surface area (Å²) in [5, 5.41) is 7.97. The van der Waals surface area contributed by atoms with Gasteiger partial charge >= 0.3 is 0 Å². The van der Waals surface area contributed by atoms with Gasteiger partial charge in [0.25, 0.3) is 0 Å². The molecule has 110 valence electrons. The normalized spacial score (nSPS) is 11.2. The Morgan fingerprint density at radius 2 is 2.10 bits per heavy atom. The second-order valence-electron chi connectivity index (χ2n) is 5.44. The number of aryl methyl sites for hydroxylation is 4. The molecule has 0 atom stereocenters. The smallest absolute Gasteiger partial charge is 0.0596 e. The summed E-state index contributed by atoms with van der Waals surface area (Å²) in [5.41, 5.74) is 3.72. The van der Waals surface area contributed by atoms with Gasteiger partial charge in [0.05, 0.1) is 5.69 Å². The van der Waals surface area contributed by atoms with E-state index in [2.05, 4.69) is 58.0 Å². The maximum atomic E-state index is 4.48. The van der Waals surface area contributed by atoms with Gasteiger partial charge in [-0.3, -0.25) is 4.68 Å². The summed E-state index contributed by atoms with van der Waals surface area (Å²) >= 11 is 0. The first kappa shape index (κ1) is 14.9. The highest BCUT2D eigenvalue weighted by molar-refractivity contribution is 5.09. The number of hydrogen-bond acceptors (Lipinski definition) is 2. The van der Waals surface area contributed by atoms with Crippen LogP contribution in [0.15, 0.2) is 24.5 Å². The van der Waals surface area contributed by atoms with Crippen molar-refractivity contribution in [3.63, 3.8) is 0 Å². The Balaban J connectivity index is 1.65. The molecule has 0 aliphatic carbocycles. The van der Waals surface area contributed by atoms with Crippen LogP contribution in [0.2, 0.25) is 0 Å². The lowest BCUT2D eigenvalue weighted by Crippen LogP contribution is -2.17. The fourth-order valence-electron chi connectivity index (χ4n) is 2.48. The predicted molar refractivity (Wildman–Crippen MR) is 82.7 cm³/mol. The van der Waals surface area contributed by atoms with Crippen LogP contribution in [0.3, 0.4) is 0 Å². The molecule has 0 aliphatic rings. The third-order valence-corrected chi connectivity index (χ3v) is 3.45. The first-order valence-electron chi connectivity index (χ1n) is 7.55. The van der Waals surface area contributed by atoms with E-state index in [1.807, 2.05) is 6.92 Å². The molecule has 4 nitrogen and oxygen atoms in total. The third kappa shape index (κ3) is 4.23. The molecule has 0 fully saturated rings. The summed E-state index contributed by atoms with van der Waals surface area (Å²) in [6, 6.07) is 4.33. The standard InChI is InChI=1S/C16H26N4/c1-4-8-19-10-6-16(13-19)12-17-7-5-9-20-15(3)11-14(2)18-20/h6,10-11,13,17H,4-5,7-9,12H2,1-3H3.